The lowest BCUT2D eigenvalue weighted by atomic mass is 9.96. The molecule has 0 aliphatic carbocycles. The van der Waals surface area contributed by atoms with Crippen molar-refractivity contribution in [1.82, 2.24) is 25.1 Å². The minimum atomic E-state index is -0.628. The summed E-state index contributed by atoms with van der Waals surface area (Å²) in [7, 11) is 1.36. The van der Waals surface area contributed by atoms with Crippen molar-refractivity contribution in [3.63, 3.8) is 0 Å². The van der Waals surface area contributed by atoms with Crippen LogP contribution in [0.2, 0.25) is 0 Å². The number of likely N-dealkylation sites (tertiary alicyclic amines) is 2. The average Bonchev–Trinajstić information content (AvgIpc) is 3.61. The van der Waals surface area contributed by atoms with Gasteiger partial charge in [-0.15, -0.1) is 0 Å². The van der Waals surface area contributed by atoms with E-state index in [0.717, 1.165) is 50.2 Å². The molecule has 2 aliphatic rings. The van der Waals surface area contributed by atoms with E-state index in [9.17, 15) is 14.4 Å². The Morgan fingerprint density at radius 2 is 2.15 bits per heavy atom. The molecule has 0 saturated carbocycles. The van der Waals surface area contributed by atoms with Gasteiger partial charge < -0.3 is 19.9 Å². The molecule has 9 nitrogen and oxygen atoms in total. The van der Waals surface area contributed by atoms with Crippen LogP contribution in [-0.2, 0) is 25.5 Å². The number of esters is 1. The third-order valence-electron chi connectivity index (χ3n) is 7.13. The van der Waals surface area contributed by atoms with E-state index >= 15 is 0 Å². The second kappa shape index (κ2) is 13.1. The Morgan fingerprint density at radius 1 is 1.32 bits per heavy atom. The van der Waals surface area contributed by atoms with E-state index in [4.69, 9.17) is 4.74 Å². The first-order valence-corrected chi connectivity index (χ1v) is 13.8. The lowest BCUT2D eigenvalue weighted by Gasteiger charge is -2.33. The molecule has 0 spiro atoms. The highest BCUT2D eigenvalue weighted by Crippen LogP contribution is 2.30. The van der Waals surface area contributed by atoms with Gasteiger partial charge in [0.25, 0.3) is 0 Å². The zero-order valence-electron chi connectivity index (χ0n) is 20.6. The molecule has 10 heteroatoms. The van der Waals surface area contributed by atoms with Crippen LogP contribution in [0.4, 0.5) is 0 Å². The number of aryl methyl sites for hydroxylation is 1. The van der Waals surface area contributed by atoms with Crippen molar-refractivity contribution < 1.29 is 19.1 Å². The summed E-state index contributed by atoms with van der Waals surface area (Å²) < 4.78 is 4.92. The van der Waals surface area contributed by atoms with Gasteiger partial charge in [-0.25, -0.2) is 9.78 Å². The average molecular weight is 494 g/mol. The third-order valence-corrected chi connectivity index (χ3v) is 7.77. The minimum absolute atomic E-state index is 0.102. The number of aromatic nitrogens is 2. The van der Waals surface area contributed by atoms with E-state index in [1.807, 2.05) is 17.4 Å². The fourth-order valence-corrected chi connectivity index (χ4v) is 5.73. The molecule has 34 heavy (non-hydrogen) atoms. The van der Waals surface area contributed by atoms with Crippen LogP contribution in [0.25, 0.3) is 0 Å². The quantitative estimate of drug-likeness (QED) is 0.428. The first-order chi connectivity index (χ1) is 16.5. The number of imidazole rings is 1. The zero-order chi connectivity index (χ0) is 24.5. The molecule has 2 aliphatic heterocycles. The number of carbonyl (C=O) groups excluding carboxylic acids is 3. The van der Waals surface area contributed by atoms with E-state index in [2.05, 4.69) is 27.1 Å². The summed E-state index contributed by atoms with van der Waals surface area (Å²) in [6, 6.07) is -0.796. The number of hydrogen-bond acceptors (Lipinski definition) is 7. The van der Waals surface area contributed by atoms with Gasteiger partial charge in [0.2, 0.25) is 11.8 Å². The van der Waals surface area contributed by atoms with Crippen LogP contribution in [0.15, 0.2) is 12.5 Å². The Bertz CT molecular complexity index is 805. The molecule has 2 amide bonds. The molecule has 0 unspecified atom stereocenters. The standard InChI is InChI=1S/C24H39N5O4S/c1-4-17-9-12-28(22(17)23(31)27-20(10-13-34-3)24(32)33-2)15-19-6-5-11-29(19)21(30)8-7-18-14-25-16-26-18/h14,16-17,19-20,22H,4-13,15H2,1-3H3,(H,25,26)(H,27,31)/t17-,19-,20-,22-/m0/s1. The lowest BCUT2D eigenvalue weighted by molar-refractivity contribution is -0.146. The number of nitrogens with zero attached hydrogens (tertiary/aromatic N) is 3. The molecule has 4 atom stereocenters. The summed E-state index contributed by atoms with van der Waals surface area (Å²) in [5.41, 5.74) is 0.896. The molecule has 3 heterocycles. The molecule has 1 aromatic rings. The van der Waals surface area contributed by atoms with Crippen molar-refractivity contribution in [3.8, 4) is 0 Å². The molecule has 1 aromatic heterocycles. The molecule has 2 N–H and O–H groups in total. The van der Waals surface area contributed by atoms with Gasteiger partial charge in [-0.1, -0.05) is 13.3 Å². The molecular weight excluding hydrogens is 454 g/mol. The maximum atomic E-state index is 13.4. The van der Waals surface area contributed by atoms with E-state index < -0.39 is 12.0 Å². The fraction of sp³-hybridized carbons (Fsp3) is 0.750. The van der Waals surface area contributed by atoms with Gasteiger partial charge in [-0.3, -0.25) is 14.5 Å². The fourth-order valence-electron chi connectivity index (χ4n) is 5.25. The van der Waals surface area contributed by atoms with Gasteiger partial charge in [0, 0.05) is 31.7 Å². The predicted molar refractivity (Wildman–Crippen MR) is 132 cm³/mol. The van der Waals surface area contributed by atoms with E-state index in [-0.39, 0.29) is 29.8 Å². The van der Waals surface area contributed by atoms with Crippen molar-refractivity contribution in [1.29, 1.82) is 0 Å². The van der Waals surface area contributed by atoms with Gasteiger partial charge in [0.05, 0.1) is 25.2 Å². The number of rotatable bonds is 12. The van der Waals surface area contributed by atoms with Crippen LogP contribution >= 0.6 is 11.8 Å². The van der Waals surface area contributed by atoms with Gasteiger partial charge >= 0.3 is 5.97 Å². The monoisotopic (exact) mass is 493 g/mol. The van der Waals surface area contributed by atoms with Crippen LogP contribution in [0.3, 0.4) is 0 Å². The second-order valence-corrected chi connectivity index (χ2v) is 10.2. The lowest BCUT2D eigenvalue weighted by Crippen LogP contribution is -2.54. The topological polar surface area (TPSA) is 108 Å². The Kier molecular flexibility index (Phi) is 10.2. The Labute approximate surface area is 206 Å². The highest BCUT2D eigenvalue weighted by atomic mass is 32.2. The Balaban J connectivity index is 1.63. The van der Waals surface area contributed by atoms with Gasteiger partial charge in [0.1, 0.15) is 6.04 Å². The van der Waals surface area contributed by atoms with E-state index in [1.54, 1.807) is 18.1 Å². The van der Waals surface area contributed by atoms with Gasteiger partial charge in [0.15, 0.2) is 0 Å². The first-order valence-electron chi connectivity index (χ1n) is 12.4. The molecular formula is C24H39N5O4S. The predicted octanol–water partition coefficient (Wildman–Crippen LogP) is 1.84. The summed E-state index contributed by atoms with van der Waals surface area (Å²) in [6.07, 6.45) is 10.8. The molecule has 190 valence electrons. The van der Waals surface area contributed by atoms with Gasteiger partial charge in [-0.05, 0) is 56.6 Å². The van der Waals surface area contributed by atoms with E-state index in [1.165, 1.54) is 7.11 Å². The number of aromatic amines is 1. The number of methoxy groups -OCH3 is 1. The number of carbonyl (C=O) groups is 3. The Hall–Kier alpha value is -2.07. The van der Waals surface area contributed by atoms with Crippen molar-refractivity contribution in [3.05, 3.63) is 18.2 Å². The first kappa shape index (κ1) is 26.5. The zero-order valence-corrected chi connectivity index (χ0v) is 21.4. The largest absolute Gasteiger partial charge is 0.467 e. The van der Waals surface area contributed by atoms with Crippen LogP contribution < -0.4 is 5.32 Å². The number of thioether (sulfide) groups is 1. The summed E-state index contributed by atoms with van der Waals surface area (Å²) >= 11 is 1.64. The number of H-pyrrole nitrogens is 1. The SMILES string of the molecule is CC[C@H]1CCN(C[C@@H]2CCCN2C(=O)CCc2c[nH]cn2)[C@@H]1C(=O)N[C@@H](CCSC)C(=O)OC. The second-order valence-electron chi connectivity index (χ2n) is 9.21. The normalized spacial score (nSPS) is 23.7. The molecule has 0 aromatic carbocycles. The van der Waals surface area contributed by atoms with Gasteiger partial charge in [-0.2, -0.15) is 11.8 Å². The van der Waals surface area contributed by atoms with E-state index in [0.29, 0.717) is 25.8 Å². The molecule has 0 radical (unpaired) electrons. The number of hydrogen-bond donors (Lipinski definition) is 2. The number of amides is 2. The third kappa shape index (κ3) is 6.75. The van der Waals surface area contributed by atoms with Crippen molar-refractivity contribution in [2.75, 3.05) is 38.8 Å². The number of ether oxygens (including phenoxy) is 1. The highest BCUT2D eigenvalue weighted by Gasteiger charge is 2.42. The smallest absolute Gasteiger partial charge is 0.328 e. The van der Waals surface area contributed by atoms with Crippen molar-refractivity contribution in [2.24, 2.45) is 5.92 Å². The Morgan fingerprint density at radius 3 is 2.82 bits per heavy atom. The summed E-state index contributed by atoms with van der Waals surface area (Å²) in [5.74, 6) is 0.660. The van der Waals surface area contributed by atoms with Crippen LogP contribution in [0.1, 0.15) is 51.1 Å². The minimum Gasteiger partial charge on any atom is -0.467 e. The van der Waals surface area contributed by atoms with Crippen molar-refractivity contribution in [2.45, 2.75) is 70.0 Å². The summed E-state index contributed by atoms with van der Waals surface area (Å²) in [5, 5.41) is 2.97. The molecule has 3 rings (SSSR count). The number of nitrogens with one attached hydrogen (secondary N) is 2. The maximum Gasteiger partial charge on any atom is 0.328 e. The maximum absolute atomic E-state index is 13.4. The molecule has 2 saturated heterocycles. The van der Waals surface area contributed by atoms with Crippen LogP contribution in [0, 0.1) is 5.92 Å². The van der Waals surface area contributed by atoms with Crippen LogP contribution in [0.5, 0.6) is 0 Å². The van der Waals surface area contributed by atoms with Crippen molar-refractivity contribution >= 4 is 29.5 Å². The summed E-state index contributed by atoms with van der Waals surface area (Å²) in [4.78, 5) is 49.9. The molecule has 0 bridgehead atoms. The molecule has 2 fully saturated rings. The summed E-state index contributed by atoms with van der Waals surface area (Å²) in [6.45, 7) is 4.40. The highest BCUT2D eigenvalue weighted by molar-refractivity contribution is 7.98. The van der Waals surface area contributed by atoms with Crippen LogP contribution in [-0.4, -0.2) is 94.4 Å².